The molecule has 1 fully saturated rings. The van der Waals surface area contributed by atoms with Gasteiger partial charge in [-0.15, -0.1) is 33.4 Å². The van der Waals surface area contributed by atoms with Gasteiger partial charge < -0.3 is 0 Å². The Hall–Kier alpha value is 0.840. The summed E-state index contributed by atoms with van der Waals surface area (Å²) in [5.41, 5.74) is 0. The van der Waals surface area contributed by atoms with E-state index in [0.717, 1.165) is 20.9 Å². The number of hydrogen-bond acceptors (Lipinski definition) is 5. The molecule has 0 saturated heterocycles. The lowest BCUT2D eigenvalue weighted by atomic mass is 10.5. The van der Waals surface area contributed by atoms with E-state index >= 15 is 0 Å². The first kappa shape index (κ1) is 11.3. The highest BCUT2D eigenvalue weighted by Crippen LogP contribution is 2.54. The summed E-state index contributed by atoms with van der Waals surface area (Å²) in [6.45, 7) is 0. The maximum absolute atomic E-state index is 5.92. The van der Waals surface area contributed by atoms with Gasteiger partial charge in [0.2, 0.25) is 0 Å². The zero-order chi connectivity index (χ0) is 10.2. The third-order valence-corrected chi connectivity index (χ3v) is 6.05. The Labute approximate surface area is 105 Å². The summed E-state index contributed by atoms with van der Waals surface area (Å²) < 4.78 is 1.54. The van der Waals surface area contributed by atoms with E-state index in [9.17, 15) is 0 Å². The van der Waals surface area contributed by atoms with Crippen LogP contribution in [0.3, 0.4) is 0 Å². The largest absolute Gasteiger partial charge is 0.175 e. The van der Waals surface area contributed by atoms with Gasteiger partial charge in [-0.1, -0.05) is 34.9 Å². The average molecular weight is 287 g/mol. The molecule has 1 aromatic rings. The second-order valence-electron chi connectivity index (χ2n) is 3.01. The molecule has 1 heterocycles. The average Bonchev–Trinajstić information content (AvgIpc) is 2.62. The number of aromatic nitrogens is 2. The van der Waals surface area contributed by atoms with Crippen molar-refractivity contribution < 1.29 is 0 Å². The fourth-order valence-electron chi connectivity index (χ4n) is 0.960. The molecule has 2 rings (SSSR count). The number of hydrogen-bond donors (Lipinski definition) is 0. The van der Waals surface area contributed by atoms with E-state index in [2.05, 4.69) is 10.2 Å². The maximum atomic E-state index is 5.92. The first-order valence-corrected chi connectivity index (χ1v) is 7.78. The Morgan fingerprint density at radius 1 is 1.50 bits per heavy atom. The predicted octanol–water partition coefficient (Wildman–Crippen LogP) is 3.55. The van der Waals surface area contributed by atoms with Gasteiger partial charge in [-0.2, -0.15) is 0 Å². The molecule has 1 aliphatic carbocycles. The molecule has 1 atom stereocenters. The quantitative estimate of drug-likeness (QED) is 0.625. The van der Waals surface area contributed by atoms with E-state index < -0.39 is 4.33 Å². The van der Waals surface area contributed by atoms with E-state index in [1.54, 1.807) is 34.9 Å². The molecule has 0 bridgehead atoms. The third-order valence-electron chi connectivity index (χ3n) is 1.93. The molecule has 0 spiro atoms. The first-order valence-electron chi connectivity index (χ1n) is 4.00. The van der Waals surface area contributed by atoms with E-state index in [-0.39, 0.29) is 0 Å². The normalized spacial score (nSPS) is 23.8. The molecule has 14 heavy (non-hydrogen) atoms. The van der Waals surface area contributed by atoms with Crippen LogP contribution >= 0.6 is 58.1 Å². The fraction of sp³-hybridized carbons (Fsp3) is 0.714. The summed E-state index contributed by atoms with van der Waals surface area (Å²) in [5, 5.41) is 8.07. The van der Waals surface area contributed by atoms with Crippen molar-refractivity contribution in [2.75, 3.05) is 12.0 Å². The van der Waals surface area contributed by atoms with Crippen molar-refractivity contribution in [2.24, 2.45) is 5.92 Å². The van der Waals surface area contributed by atoms with Gasteiger partial charge in [-0.25, -0.2) is 0 Å². The number of halogens is 2. The summed E-state index contributed by atoms with van der Waals surface area (Å²) in [7, 11) is 0. The van der Waals surface area contributed by atoms with Gasteiger partial charge in [0.05, 0.1) is 0 Å². The van der Waals surface area contributed by atoms with Crippen LogP contribution in [0.25, 0.3) is 0 Å². The molecule has 0 aliphatic heterocycles. The molecule has 78 valence electrons. The third kappa shape index (κ3) is 2.70. The Morgan fingerprint density at radius 2 is 2.14 bits per heavy atom. The highest BCUT2D eigenvalue weighted by molar-refractivity contribution is 8.02. The summed E-state index contributed by atoms with van der Waals surface area (Å²) in [6.07, 6.45) is 2.90. The predicted molar refractivity (Wildman–Crippen MR) is 65.0 cm³/mol. The molecule has 7 heteroatoms. The van der Waals surface area contributed by atoms with Crippen molar-refractivity contribution in [3.63, 3.8) is 0 Å². The van der Waals surface area contributed by atoms with Crippen LogP contribution in [0.4, 0.5) is 0 Å². The van der Waals surface area contributed by atoms with Gasteiger partial charge >= 0.3 is 0 Å². The zero-order valence-corrected chi connectivity index (χ0v) is 11.3. The first-order chi connectivity index (χ1) is 6.62. The minimum absolute atomic E-state index is 0.414. The summed E-state index contributed by atoms with van der Waals surface area (Å²) in [5.74, 6) is 1.35. The number of rotatable bonds is 4. The maximum Gasteiger partial charge on any atom is 0.175 e. The van der Waals surface area contributed by atoms with Crippen LogP contribution in [0.1, 0.15) is 6.42 Å². The molecule has 1 aliphatic rings. The SMILES string of the molecule is CSc1nnc(SC[C@@H]2CC2(Cl)Cl)s1. The van der Waals surface area contributed by atoms with Crippen LogP contribution in [-0.2, 0) is 0 Å². The van der Waals surface area contributed by atoms with Crippen LogP contribution in [0.2, 0.25) is 0 Å². The van der Waals surface area contributed by atoms with Crippen molar-refractivity contribution in [1.29, 1.82) is 0 Å². The van der Waals surface area contributed by atoms with Crippen molar-refractivity contribution in [3.05, 3.63) is 0 Å². The monoisotopic (exact) mass is 286 g/mol. The molecule has 1 saturated carbocycles. The Balaban J connectivity index is 1.81. The van der Waals surface area contributed by atoms with E-state index in [4.69, 9.17) is 23.2 Å². The molecule has 0 N–H and O–H groups in total. The number of alkyl halides is 2. The summed E-state index contributed by atoms with van der Waals surface area (Å²) in [6, 6.07) is 0. The topological polar surface area (TPSA) is 25.8 Å². The molecule has 0 unspecified atom stereocenters. The van der Waals surface area contributed by atoms with E-state index in [1.165, 1.54) is 0 Å². The molecular weight excluding hydrogens is 279 g/mol. The van der Waals surface area contributed by atoms with Crippen LogP contribution in [-0.4, -0.2) is 26.5 Å². The lowest BCUT2D eigenvalue weighted by Gasteiger charge is -1.96. The second-order valence-corrected chi connectivity index (χ2v) is 7.85. The van der Waals surface area contributed by atoms with Gasteiger partial charge in [0.15, 0.2) is 8.68 Å². The number of thioether (sulfide) groups is 2. The van der Waals surface area contributed by atoms with Crippen molar-refractivity contribution in [1.82, 2.24) is 10.2 Å². The van der Waals surface area contributed by atoms with E-state index in [0.29, 0.717) is 5.92 Å². The fourth-order valence-corrected chi connectivity index (χ4v) is 4.35. The van der Waals surface area contributed by atoms with Crippen molar-refractivity contribution in [3.8, 4) is 0 Å². The van der Waals surface area contributed by atoms with Crippen molar-refractivity contribution in [2.45, 2.75) is 19.4 Å². The van der Waals surface area contributed by atoms with E-state index in [1.807, 2.05) is 6.26 Å². The minimum Gasteiger partial charge on any atom is -0.131 e. The molecule has 0 amide bonds. The van der Waals surface area contributed by atoms with Gasteiger partial charge in [0.1, 0.15) is 4.33 Å². The van der Waals surface area contributed by atoms with Crippen LogP contribution in [0.5, 0.6) is 0 Å². The minimum atomic E-state index is -0.472. The van der Waals surface area contributed by atoms with Crippen LogP contribution in [0, 0.1) is 5.92 Å². The molecule has 1 aromatic heterocycles. The lowest BCUT2D eigenvalue weighted by Crippen LogP contribution is -1.92. The van der Waals surface area contributed by atoms with Crippen LogP contribution in [0.15, 0.2) is 8.68 Å². The highest BCUT2D eigenvalue weighted by Gasteiger charge is 2.51. The van der Waals surface area contributed by atoms with Gasteiger partial charge in [-0.05, 0) is 12.7 Å². The van der Waals surface area contributed by atoms with Gasteiger partial charge in [0, 0.05) is 11.7 Å². The Bertz CT molecular complexity index is 328. The number of nitrogens with zero attached hydrogens (tertiary/aromatic N) is 2. The Morgan fingerprint density at radius 3 is 2.64 bits per heavy atom. The summed E-state index contributed by atoms with van der Waals surface area (Å²) in [4.78, 5) is 0. The molecule has 0 radical (unpaired) electrons. The van der Waals surface area contributed by atoms with Gasteiger partial charge in [0.25, 0.3) is 0 Å². The van der Waals surface area contributed by atoms with Crippen LogP contribution < -0.4 is 0 Å². The standard InChI is InChI=1S/C7H8Cl2N2S3/c1-12-5-10-11-6(14-5)13-3-4-2-7(4,8)9/h4H,2-3H2,1H3/t4-/m0/s1. The molecule has 2 nitrogen and oxygen atoms in total. The molecule has 0 aromatic carbocycles. The summed E-state index contributed by atoms with van der Waals surface area (Å²) >= 11 is 16.8. The lowest BCUT2D eigenvalue weighted by molar-refractivity contribution is 0.944. The highest BCUT2D eigenvalue weighted by atomic mass is 35.5. The van der Waals surface area contributed by atoms with Crippen molar-refractivity contribution >= 4 is 58.1 Å². The second kappa shape index (κ2) is 4.37. The molecular formula is C7H8Cl2N2S3. The smallest absolute Gasteiger partial charge is 0.131 e. The Kier molecular flexibility index (Phi) is 3.54. The zero-order valence-electron chi connectivity index (χ0n) is 7.37. The van der Waals surface area contributed by atoms with Gasteiger partial charge in [-0.3, -0.25) is 0 Å².